The van der Waals surface area contributed by atoms with E-state index in [1.165, 1.54) is 5.56 Å². The Balaban J connectivity index is 2.16. The van der Waals surface area contributed by atoms with Crippen LogP contribution in [0.1, 0.15) is 52.5 Å². The molecule has 1 aliphatic rings. The molecule has 0 amide bonds. The van der Waals surface area contributed by atoms with E-state index in [-0.39, 0.29) is 17.4 Å². The van der Waals surface area contributed by atoms with Crippen LogP contribution < -0.4 is 4.74 Å². The molecular weight excluding hydrogens is 258 g/mol. The van der Waals surface area contributed by atoms with Crippen LogP contribution in [0.25, 0.3) is 0 Å². The summed E-state index contributed by atoms with van der Waals surface area (Å²) in [6.07, 6.45) is 4.07. The summed E-state index contributed by atoms with van der Waals surface area (Å²) in [5.74, 6) is 1.61. The van der Waals surface area contributed by atoms with E-state index in [1.807, 2.05) is 18.2 Å². The average molecular weight is 285 g/mol. The number of benzene rings is 1. The molecule has 2 rings (SSSR count). The molecule has 114 valence electrons. The van der Waals surface area contributed by atoms with E-state index in [0.29, 0.717) is 5.92 Å². The lowest BCUT2D eigenvalue weighted by Crippen LogP contribution is -2.38. The first-order valence-corrected chi connectivity index (χ1v) is 8.10. The van der Waals surface area contributed by atoms with Gasteiger partial charge in [0, 0.05) is 0 Å². The van der Waals surface area contributed by atoms with Gasteiger partial charge in [-0.2, -0.15) is 5.26 Å². The van der Waals surface area contributed by atoms with Gasteiger partial charge < -0.3 is 4.74 Å². The summed E-state index contributed by atoms with van der Waals surface area (Å²) >= 11 is 0. The third-order valence-corrected chi connectivity index (χ3v) is 4.81. The molecule has 3 atom stereocenters. The Labute approximate surface area is 129 Å². The van der Waals surface area contributed by atoms with Gasteiger partial charge >= 0.3 is 0 Å². The van der Waals surface area contributed by atoms with Crippen LogP contribution in [-0.2, 0) is 6.42 Å². The minimum Gasteiger partial charge on any atom is -0.489 e. The maximum Gasteiger partial charge on any atom is 0.122 e. The molecule has 0 bridgehead atoms. The first kappa shape index (κ1) is 15.9. The molecule has 21 heavy (non-hydrogen) atoms. The number of nitrogens with zero attached hydrogens (tertiary/aromatic N) is 1. The van der Waals surface area contributed by atoms with E-state index in [1.54, 1.807) is 0 Å². The number of nitriles is 1. The zero-order valence-corrected chi connectivity index (χ0v) is 13.7. The fourth-order valence-corrected chi connectivity index (χ4v) is 3.27. The van der Waals surface area contributed by atoms with Crippen LogP contribution >= 0.6 is 0 Å². The van der Waals surface area contributed by atoms with Crippen molar-refractivity contribution in [1.29, 1.82) is 5.26 Å². The molecule has 3 unspecified atom stereocenters. The second-order valence-corrected chi connectivity index (χ2v) is 7.23. The zero-order chi connectivity index (χ0) is 15.5. The molecular formula is C19H27NO. The molecule has 0 spiro atoms. The summed E-state index contributed by atoms with van der Waals surface area (Å²) in [5, 5.41) is 9.43. The van der Waals surface area contributed by atoms with Crippen LogP contribution in [0.5, 0.6) is 5.75 Å². The second-order valence-electron chi connectivity index (χ2n) is 7.23. The second kappa shape index (κ2) is 6.52. The summed E-state index contributed by atoms with van der Waals surface area (Å²) in [6.45, 7) is 9.02. The smallest absolute Gasteiger partial charge is 0.122 e. The van der Waals surface area contributed by atoms with Crippen LogP contribution in [-0.4, -0.2) is 6.10 Å². The van der Waals surface area contributed by atoms with Gasteiger partial charge in [-0.1, -0.05) is 45.9 Å². The Kier molecular flexibility index (Phi) is 4.93. The fraction of sp³-hybridized carbons (Fsp3) is 0.632. The molecule has 2 nitrogen and oxygen atoms in total. The summed E-state index contributed by atoms with van der Waals surface area (Å²) in [5.41, 5.74) is 1.51. The third-order valence-electron chi connectivity index (χ3n) is 4.81. The van der Waals surface area contributed by atoms with E-state index >= 15 is 0 Å². The van der Waals surface area contributed by atoms with Crippen molar-refractivity contribution in [3.8, 4) is 11.8 Å². The SMILES string of the molecule is CCc1ccccc1OC1CC(C(C)(C)C)CCC1C#N. The number of rotatable bonds is 3. The van der Waals surface area contributed by atoms with Gasteiger partial charge in [0.1, 0.15) is 11.9 Å². The molecule has 2 heteroatoms. The van der Waals surface area contributed by atoms with E-state index in [4.69, 9.17) is 4.74 Å². The lowest BCUT2D eigenvalue weighted by molar-refractivity contribution is 0.0488. The topological polar surface area (TPSA) is 33.0 Å². The van der Waals surface area contributed by atoms with Crippen molar-refractivity contribution in [2.45, 2.75) is 59.5 Å². The van der Waals surface area contributed by atoms with E-state index < -0.39 is 0 Å². The molecule has 0 saturated heterocycles. The minimum absolute atomic E-state index is 0.0218. The standard InChI is InChI=1S/C19H27NO/c1-5-14-8-6-7-9-17(14)21-18-12-16(19(2,3)4)11-10-15(18)13-20/h6-9,15-16,18H,5,10-12H2,1-4H3. The Morgan fingerprint density at radius 3 is 2.57 bits per heavy atom. The summed E-state index contributed by atoms with van der Waals surface area (Å²) < 4.78 is 6.28. The number of aryl methyl sites for hydroxylation is 1. The number of para-hydroxylation sites is 1. The maximum atomic E-state index is 9.43. The first-order valence-electron chi connectivity index (χ1n) is 8.10. The lowest BCUT2D eigenvalue weighted by atomic mass is 9.69. The molecule has 1 aliphatic carbocycles. The Bertz CT molecular complexity index is 509. The molecule has 0 aliphatic heterocycles. The zero-order valence-electron chi connectivity index (χ0n) is 13.7. The van der Waals surface area contributed by atoms with Gasteiger partial charge in [-0.3, -0.25) is 0 Å². The molecule has 0 aromatic heterocycles. The summed E-state index contributed by atoms with van der Waals surface area (Å²) in [4.78, 5) is 0. The van der Waals surface area contributed by atoms with Crippen LogP contribution in [0.15, 0.2) is 24.3 Å². The van der Waals surface area contributed by atoms with Gasteiger partial charge in [-0.15, -0.1) is 0 Å². The minimum atomic E-state index is 0.0218. The lowest BCUT2D eigenvalue weighted by Gasteiger charge is -2.39. The van der Waals surface area contributed by atoms with Gasteiger partial charge in [0.25, 0.3) is 0 Å². The first-order chi connectivity index (χ1) is 9.95. The summed E-state index contributed by atoms with van der Waals surface area (Å²) in [7, 11) is 0. The highest BCUT2D eigenvalue weighted by Gasteiger charge is 2.37. The Hall–Kier alpha value is -1.49. The van der Waals surface area contributed by atoms with Gasteiger partial charge in [0.15, 0.2) is 0 Å². The third kappa shape index (κ3) is 3.79. The largest absolute Gasteiger partial charge is 0.489 e. The quantitative estimate of drug-likeness (QED) is 0.784. The van der Waals surface area contributed by atoms with Gasteiger partial charge in [-0.25, -0.2) is 0 Å². The highest BCUT2D eigenvalue weighted by Crippen LogP contribution is 2.41. The Morgan fingerprint density at radius 2 is 1.95 bits per heavy atom. The van der Waals surface area contributed by atoms with Crippen molar-refractivity contribution in [1.82, 2.24) is 0 Å². The van der Waals surface area contributed by atoms with E-state index in [0.717, 1.165) is 31.4 Å². The van der Waals surface area contributed by atoms with Crippen LogP contribution in [0, 0.1) is 28.6 Å². The molecule has 0 heterocycles. The predicted molar refractivity (Wildman–Crippen MR) is 86.1 cm³/mol. The van der Waals surface area contributed by atoms with Crippen molar-refractivity contribution in [2.75, 3.05) is 0 Å². The van der Waals surface area contributed by atoms with Crippen LogP contribution in [0.2, 0.25) is 0 Å². The Morgan fingerprint density at radius 1 is 1.24 bits per heavy atom. The molecule has 1 aromatic carbocycles. The number of hydrogen-bond acceptors (Lipinski definition) is 2. The highest BCUT2D eigenvalue weighted by molar-refractivity contribution is 5.33. The monoisotopic (exact) mass is 285 g/mol. The molecule has 0 N–H and O–H groups in total. The van der Waals surface area contributed by atoms with Crippen molar-refractivity contribution in [3.05, 3.63) is 29.8 Å². The van der Waals surface area contributed by atoms with Crippen molar-refractivity contribution >= 4 is 0 Å². The average Bonchev–Trinajstić information content (AvgIpc) is 2.47. The van der Waals surface area contributed by atoms with Crippen molar-refractivity contribution in [2.24, 2.45) is 17.3 Å². The van der Waals surface area contributed by atoms with Crippen molar-refractivity contribution < 1.29 is 4.74 Å². The van der Waals surface area contributed by atoms with Gasteiger partial charge in [0.2, 0.25) is 0 Å². The molecule has 1 saturated carbocycles. The number of ether oxygens (including phenoxy) is 1. The van der Waals surface area contributed by atoms with E-state index in [2.05, 4.69) is 39.8 Å². The van der Waals surface area contributed by atoms with E-state index in [9.17, 15) is 5.26 Å². The predicted octanol–water partition coefficient (Wildman–Crippen LogP) is 4.98. The maximum absolute atomic E-state index is 9.43. The number of hydrogen-bond donors (Lipinski definition) is 0. The van der Waals surface area contributed by atoms with Crippen LogP contribution in [0.3, 0.4) is 0 Å². The van der Waals surface area contributed by atoms with Gasteiger partial charge in [-0.05, 0) is 48.6 Å². The molecule has 0 radical (unpaired) electrons. The molecule has 1 fully saturated rings. The summed E-state index contributed by atoms with van der Waals surface area (Å²) in [6, 6.07) is 10.7. The van der Waals surface area contributed by atoms with Crippen LogP contribution in [0.4, 0.5) is 0 Å². The van der Waals surface area contributed by atoms with Gasteiger partial charge in [0.05, 0.1) is 12.0 Å². The van der Waals surface area contributed by atoms with Crippen molar-refractivity contribution in [3.63, 3.8) is 0 Å². The highest BCUT2D eigenvalue weighted by atomic mass is 16.5. The fourth-order valence-electron chi connectivity index (χ4n) is 3.27. The normalized spacial score (nSPS) is 26.1. The molecule has 1 aromatic rings.